The van der Waals surface area contributed by atoms with Gasteiger partial charge in [0.25, 0.3) is 0 Å². The Kier molecular flexibility index (Phi) is 11.7. The van der Waals surface area contributed by atoms with Crippen molar-refractivity contribution < 1.29 is 29.1 Å². The zero-order valence-corrected chi connectivity index (χ0v) is 24.8. The third-order valence-electron chi connectivity index (χ3n) is 7.49. The molecule has 0 fully saturated rings. The summed E-state index contributed by atoms with van der Waals surface area (Å²) in [5.41, 5.74) is 4.89. The van der Waals surface area contributed by atoms with E-state index in [1.54, 1.807) is 31.2 Å². The molecule has 0 spiro atoms. The zero-order chi connectivity index (χ0) is 27.5. The lowest BCUT2D eigenvalue weighted by molar-refractivity contribution is -0.420. The van der Waals surface area contributed by atoms with E-state index in [1.807, 2.05) is 24.3 Å². The summed E-state index contributed by atoms with van der Waals surface area (Å²) < 4.78 is 0. The van der Waals surface area contributed by atoms with Gasteiger partial charge < -0.3 is 0 Å². The lowest BCUT2D eigenvalue weighted by Gasteiger charge is -2.26. The average molecular weight is 541 g/mol. The first-order chi connectivity index (χ1) is 17.8. The van der Waals surface area contributed by atoms with Crippen molar-refractivity contribution in [2.45, 2.75) is 71.5 Å². The molecule has 0 N–H and O–H groups in total. The molecule has 0 aliphatic carbocycles. The van der Waals surface area contributed by atoms with Crippen LogP contribution in [0.5, 0.6) is 0 Å². The van der Waals surface area contributed by atoms with E-state index in [0.717, 1.165) is 24.2 Å². The Balaban J connectivity index is 1.93. The molecule has 8 heteroatoms. The predicted octanol–water partition coefficient (Wildman–Crippen LogP) is 6.14. The molecule has 2 aromatic rings. The standard InChI is InChI=1S/C29H40O6Si2/c1-8-27(32-34-28(30)23-15-19-25(20-16-23)36(9-2,10-3)11-4)33-35-29(31)24-17-21-26(22-18-24)37(12-5,13-6)14-7/h9,12,15-22,27H,2,5,8,10-11,13-14H2,1,3-4,6-7H3. The van der Waals surface area contributed by atoms with Gasteiger partial charge in [0.05, 0.1) is 11.1 Å². The van der Waals surface area contributed by atoms with Gasteiger partial charge in [0.1, 0.15) is 16.1 Å². The van der Waals surface area contributed by atoms with Crippen LogP contribution in [-0.2, 0) is 19.6 Å². The van der Waals surface area contributed by atoms with Gasteiger partial charge >= 0.3 is 11.9 Å². The van der Waals surface area contributed by atoms with Gasteiger partial charge in [0.15, 0.2) is 0 Å². The minimum absolute atomic E-state index is 0.291. The maximum Gasteiger partial charge on any atom is 0.373 e. The van der Waals surface area contributed by atoms with Gasteiger partial charge in [-0.25, -0.2) is 9.59 Å². The number of carbonyl (C=O) groups excluding carboxylic acids is 2. The van der Waals surface area contributed by atoms with Gasteiger partial charge in [0, 0.05) is 6.42 Å². The summed E-state index contributed by atoms with van der Waals surface area (Å²) in [5.74, 6) is -1.31. The van der Waals surface area contributed by atoms with Crippen molar-refractivity contribution in [2.75, 3.05) is 0 Å². The molecule has 0 saturated heterocycles. The minimum Gasteiger partial charge on any atom is -0.290 e. The summed E-state index contributed by atoms with van der Waals surface area (Å²) >= 11 is 0. The van der Waals surface area contributed by atoms with Crippen molar-refractivity contribution in [1.29, 1.82) is 0 Å². The van der Waals surface area contributed by atoms with E-state index in [9.17, 15) is 9.59 Å². The van der Waals surface area contributed by atoms with Crippen LogP contribution in [0.15, 0.2) is 73.1 Å². The van der Waals surface area contributed by atoms with Gasteiger partial charge in [-0.3, -0.25) is 9.78 Å². The van der Waals surface area contributed by atoms with E-state index in [1.165, 1.54) is 10.4 Å². The molecular weight excluding hydrogens is 500 g/mol. The fourth-order valence-corrected chi connectivity index (χ4v) is 10.4. The van der Waals surface area contributed by atoms with Crippen molar-refractivity contribution in [1.82, 2.24) is 0 Å². The number of benzene rings is 2. The Morgan fingerprint density at radius 3 is 1.24 bits per heavy atom. The maximum atomic E-state index is 12.5. The molecule has 0 aliphatic rings. The first-order valence-corrected chi connectivity index (χ1v) is 18.0. The average Bonchev–Trinajstić information content (AvgIpc) is 2.96. The second kappa shape index (κ2) is 14.2. The number of rotatable bonds is 15. The van der Waals surface area contributed by atoms with Gasteiger partial charge in [0.2, 0.25) is 6.29 Å². The molecule has 2 rings (SSSR count). The van der Waals surface area contributed by atoms with E-state index < -0.39 is 34.4 Å². The zero-order valence-electron chi connectivity index (χ0n) is 22.8. The first kappa shape index (κ1) is 30.4. The van der Waals surface area contributed by atoms with Crippen molar-refractivity contribution in [3.05, 3.63) is 84.2 Å². The van der Waals surface area contributed by atoms with Crippen molar-refractivity contribution in [2.24, 2.45) is 0 Å². The molecule has 0 unspecified atom stereocenters. The van der Waals surface area contributed by atoms with E-state index >= 15 is 0 Å². The van der Waals surface area contributed by atoms with E-state index in [0.29, 0.717) is 17.5 Å². The molecule has 0 amide bonds. The maximum absolute atomic E-state index is 12.5. The SMILES string of the molecule is C=C[Si](CC)(CC)c1ccc(C(=O)OOC(CC)OOC(=O)c2ccc([Si](C=C)(CC)CC)cc2)cc1. The molecular formula is C29H40O6Si2. The Labute approximate surface area is 223 Å². The largest absolute Gasteiger partial charge is 0.373 e. The van der Waals surface area contributed by atoms with Gasteiger partial charge in [-0.05, 0) is 24.3 Å². The van der Waals surface area contributed by atoms with Crippen LogP contribution in [0.4, 0.5) is 0 Å². The Morgan fingerprint density at radius 1 is 0.676 bits per heavy atom. The highest BCUT2D eigenvalue weighted by Gasteiger charge is 2.29. The van der Waals surface area contributed by atoms with Crippen LogP contribution in [0.1, 0.15) is 61.8 Å². The molecule has 0 aromatic heterocycles. The van der Waals surface area contributed by atoms with Crippen LogP contribution in [-0.4, -0.2) is 34.4 Å². The third-order valence-corrected chi connectivity index (χ3v) is 17.1. The third kappa shape index (κ3) is 7.16. The highest BCUT2D eigenvalue weighted by Crippen LogP contribution is 2.18. The van der Waals surface area contributed by atoms with Crippen LogP contribution >= 0.6 is 0 Å². The lowest BCUT2D eigenvalue weighted by atomic mass is 10.2. The van der Waals surface area contributed by atoms with Gasteiger partial charge in [-0.15, -0.1) is 22.9 Å². The number of hydrogen-bond acceptors (Lipinski definition) is 6. The fourth-order valence-electron chi connectivity index (χ4n) is 4.45. The molecule has 0 aliphatic heterocycles. The Morgan fingerprint density at radius 2 is 1.00 bits per heavy atom. The lowest BCUT2D eigenvalue weighted by Crippen LogP contribution is -2.44. The summed E-state index contributed by atoms with van der Waals surface area (Å²) in [6.45, 7) is 18.5. The van der Waals surface area contributed by atoms with Crippen LogP contribution in [0.25, 0.3) is 0 Å². The molecule has 2 aromatic carbocycles. The molecule has 200 valence electrons. The molecule has 37 heavy (non-hydrogen) atoms. The Bertz CT molecular complexity index is 958. The van der Waals surface area contributed by atoms with Crippen LogP contribution in [0, 0.1) is 0 Å². The summed E-state index contributed by atoms with van der Waals surface area (Å²) in [6, 6.07) is 18.9. The van der Waals surface area contributed by atoms with Crippen LogP contribution in [0.2, 0.25) is 24.2 Å². The van der Waals surface area contributed by atoms with Gasteiger partial charge in [-0.2, -0.15) is 0 Å². The molecule has 0 heterocycles. The summed E-state index contributed by atoms with van der Waals surface area (Å²) in [4.78, 5) is 45.0. The van der Waals surface area contributed by atoms with Crippen molar-refractivity contribution >= 4 is 38.5 Å². The summed E-state index contributed by atoms with van der Waals surface area (Å²) in [6.07, 6.45) is -0.771. The second-order valence-corrected chi connectivity index (χ2v) is 18.5. The first-order valence-electron chi connectivity index (χ1n) is 13.0. The highest BCUT2D eigenvalue weighted by atomic mass is 28.3. The van der Waals surface area contributed by atoms with Gasteiger partial charge in [-0.1, -0.05) is 105 Å². The van der Waals surface area contributed by atoms with Crippen LogP contribution < -0.4 is 10.4 Å². The summed E-state index contributed by atoms with van der Waals surface area (Å²) in [5, 5.41) is 2.45. The topological polar surface area (TPSA) is 71.1 Å². The molecule has 0 atom stereocenters. The van der Waals surface area contributed by atoms with E-state index in [2.05, 4.69) is 52.3 Å². The molecule has 0 saturated carbocycles. The molecule has 0 bridgehead atoms. The number of carbonyl (C=O) groups is 2. The quantitative estimate of drug-likeness (QED) is 0.117. The van der Waals surface area contributed by atoms with E-state index in [4.69, 9.17) is 19.6 Å². The molecule has 0 radical (unpaired) electrons. The van der Waals surface area contributed by atoms with Crippen molar-refractivity contribution in [3.63, 3.8) is 0 Å². The Hall–Kier alpha value is -2.79. The van der Waals surface area contributed by atoms with Crippen LogP contribution in [0.3, 0.4) is 0 Å². The predicted molar refractivity (Wildman–Crippen MR) is 153 cm³/mol. The highest BCUT2D eigenvalue weighted by molar-refractivity contribution is 6.96. The van der Waals surface area contributed by atoms with E-state index in [-0.39, 0.29) is 0 Å². The monoisotopic (exact) mass is 540 g/mol. The number of hydrogen-bond donors (Lipinski definition) is 0. The molecule has 6 nitrogen and oxygen atoms in total. The second-order valence-electron chi connectivity index (χ2n) is 9.06. The fraction of sp³-hybridized carbons (Fsp3) is 0.379. The van der Waals surface area contributed by atoms with Crippen molar-refractivity contribution in [3.8, 4) is 0 Å². The smallest absolute Gasteiger partial charge is 0.290 e. The summed E-state index contributed by atoms with van der Waals surface area (Å²) in [7, 11) is -3.50. The normalized spacial score (nSPS) is 11.7. The minimum atomic E-state index is -1.75.